The zero-order valence-electron chi connectivity index (χ0n) is 11.6. The Morgan fingerprint density at radius 2 is 1.79 bits per heavy atom. The molecule has 0 aliphatic heterocycles. The third kappa shape index (κ3) is 7.06. The lowest BCUT2D eigenvalue weighted by molar-refractivity contribution is 0.148. The average molecular weight is 330 g/mol. The molecule has 4 heteroatoms. The highest BCUT2D eigenvalue weighted by Gasteiger charge is 2.08. The molecule has 0 aromatic heterocycles. The molecule has 1 atom stereocenters. The molecule has 1 aromatic rings. The second-order valence-corrected chi connectivity index (χ2v) is 5.86. The summed E-state index contributed by atoms with van der Waals surface area (Å²) in [5, 5.41) is 18.8. The number of halogens is 1. The highest BCUT2D eigenvalue weighted by Crippen LogP contribution is 2.19. The van der Waals surface area contributed by atoms with Gasteiger partial charge in [0.1, 0.15) is 0 Å². The van der Waals surface area contributed by atoms with E-state index in [-0.39, 0.29) is 6.61 Å². The van der Waals surface area contributed by atoms with Crippen molar-refractivity contribution < 1.29 is 10.2 Å². The largest absolute Gasteiger partial charge is 0.396 e. The number of aliphatic hydroxyl groups is 2. The van der Waals surface area contributed by atoms with E-state index in [0.29, 0.717) is 0 Å². The number of unbranched alkanes of at least 4 members (excludes halogenated alkanes) is 2. The molecule has 2 N–H and O–H groups in total. The number of benzene rings is 1. The minimum Gasteiger partial charge on any atom is -0.396 e. The van der Waals surface area contributed by atoms with Crippen LogP contribution in [0.4, 0.5) is 0 Å². The van der Waals surface area contributed by atoms with E-state index in [9.17, 15) is 5.11 Å². The fraction of sp³-hybridized carbons (Fsp3) is 0.600. The fourth-order valence-electron chi connectivity index (χ4n) is 1.98. The standard InChI is InChI=1S/C15H24BrNO2/c1-17(10-3-2-4-12-18)11-9-15(19)13-5-7-14(16)8-6-13/h5-8,15,18-19H,2-4,9-12H2,1H3. The van der Waals surface area contributed by atoms with Gasteiger partial charge in [-0.05, 0) is 57.0 Å². The normalized spacial score (nSPS) is 12.9. The van der Waals surface area contributed by atoms with Crippen LogP contribution in [-0.4, -0.2) is 41.9 Å². The molecule has 0 saturated heterocycles. The van der Waals surface area contributed by atoms with Crippen LogP contribution in [0.1, 0.15) is 37.4 Å². The number of rotatable bonds is 9. The van der Waals surface area contributed by atoms with Crippen molar-refractivity contribution in [3.63, 3.8) is 0 Å². The third-order valence-electron chi connectivity index (χ3n) is 3.24. The van der Waals surface area contributed by atoms with Gasteiger partial charge in [0.2, 0.25) is 0 Å². The first kappa shape index (κ1) is 16.6. The lowest BCUT2D eigenvalue weighted by Gasteiger charge is -2.19. The van der Waals surface area contributed by atoms with Crippen molar-refractivity contribution in [1.29, 1.82) is 0 Å². The minimum atomic E-state index is -0.395. The van der Waals surface area contributed by atoms with Crippen molar-refractivity contribution in [3.05, 3.63) is 34.3 Å². The number of hydrogen-bond acceptors (Lipinski definition) is 3. The SMILES string of the molecule is CN(CCCCCO)CCC(O)c1ccc(Br)cc1. The van der Waals surface area contributed by atoms with Gasteiger partial charge in [0.05, 0.1) is 6.10 Å². The molecule has 0 spiro atoms. The van der Waals surface area contributed by atoms with Gasteiger partial charge in [-0.3, -0.25) is 0 Å². The zero-order valence-corrected chi connectivity index (χ0v) is 13.1. The lowest BCUT2D eigenvalue weighted by Crippen LogP contribution is -2.22. The van der Waals surface area contributed by atoms with Crippen LogP contribution in [0.3, 0.4) is 0 Å². The summed E-state index contributed by atoms with van der Waals surface area (Å²) in [5.41, 5.74) is 0.969. The van der Waals surface area contributed by atoms with E-state index in [1.807, 2.05) is 24.3 Å². The number of aliphatic hydroxyl groups excluding tert-OH is 2. The molecule has 1 rings (SSSR count). The molecule has 1 aromatic carbocycles. The second-order valence-electron chi connectivity index (χ2n) is 4.94. The van der Waals surface area contributed by atoms with Gasteiger partial charge in [0.25, 0.3) is 0 Å². The molecule has 0 saturated carbocycles. The maximum absolute atomic E-state index is 10.1. The van der Waals surface area contributed by atoms with Crippen LogP contribution >= 0.6 is 15.9 Å². The smallest absolute Gasteiger partial charge is 0.0802 e. The van der Waals surface area contributed by atoms with Gasteiger partial charge in [0, 0.05) is 17.6 Å². The summed E-state index contributed by atoms with van der Waals surface area (Å²) in [7, 11) is 2.08. The Kier molecular flexibility index (Phi) is 8.30. The Morgan fingerprint density at radius 3 is 2.42 bits per heavy atom. The first-order chi connectivity index (χ1) is 9.13. The van der Waals surface area contributed by atoms with Gasteiger partial charge in [-0.25, -0.2) is 0 Å². The van der Waals surface area contributed by atoms with E-state index < -0.39 is 6.10 Å². The van der Waals surface area contributed by atoms with E-state index in [1.54, 1.807) is 0 Å². The summed E-state index contributed by atoms with van der Waals surface area (Å²) in [5.74, 6) is 0. The summed E-state index contributed by atoms with van der Waals surface area (Å²) >= 11 is 3.39. The molecule has 3 nitrogen and oxygen atoms in total. The van der Waals surface area contributed by atoms with Crippen LogP contribution in [0.25, 0.3) is 0 Å². The Labute approximate surface area is 124 Å². The summed E-state index contributed by atoms with van der Waals surface area (Å²) in [4.78, 5) is 2.24. The van der Waals surface area contributed by atoms with Gasteiger partial charge in [-0.1, -0.05) is 28.1 Å². The highest BCUT2D eigenvalue weighted by molar-refractivity contribution is 9.10. The molecular weight excluding hydrogens is 306 g/mol. The zero-order chi connectivity index (χ0) is 14.1. The topological polar surface area (TPSA) is 43.7 Å². The van der Waals surface area contributed by atoms with E-state index >= 15 is 0 Å². The van der Waals surface area contributed by atoms with Crippen LogP contribution in [0.5, 0.6) is 0 Å². The van der Waals surface area contributed by atoms with Crippen molar-refractivity contribution in [2.24, 2.45) is 0 Å². The molecule has 0 aliphatic carbocycles. The molecule has 19 heavy (non-hydrogen) atoms. The molecule has 0 amide bonds. The van der Waals surface area contributed by atoms with Crippen molar-refractivity contribution in [1.82, 2.24) is 4.90 Å². The maximum atomic E-state index is 10.1. The average Bonchev–Trinajstić information content (AvgIpc) is 2.42. The van der Waals surface area contributed by atoms with Crippen LogP contribution in [-0.2, 0) is 0 Å². The Bertz CT molecular complexity index is 343. The summed E-state index contributed by atoms with van der Waals surface area (Å²) < 4.78 is 1.03. The summed E-state index contributed by atoms with van der Waals surface area (Å²) in [6, 6.07) is 7.82. The highest BCUT2D eigenvalue weighted by atomic mass is 79.9. The maximum Gasteiger partial charge on any atom is 0.0802 e. The summed E-state index contributed by atoms with van der Waals surface area (Å²) in [6.45, 7) is 2.19. The van der Waals surface area contributed by atoms with E-state index in [1.165, 1.54) is 0 Å². The fourth-order valence-corrected chi connectivity index (χ4v) is 2.24. The van der Waals surface area contributed by atoms with Gasteiger partial charge < -0.3 is 15.1 Å². The summed E-state index contributed by atoms with van der Waals surface area (Å²) in [6.07, 6.45) is 3.41. The third-order valence-corrected chi connectivity index (χ3v) is 3.77. The Hall–Kier alpha value is -0.420. The van der Waals surface area contributed by atoms with Crippen molar-refractivity contribution in [2.45, 2.75) is 31.8 Å². The lowest BCUT2D eigenvalue weighted by atomic mass is 10.1. The molecule has 0 fully saturated rings. The number of hydrogen-bond donors (Lipinski definition) is 2. The molecule has 108 valence electrons. The van der Waals surface area contributed by atoms with Gasteiger partial charge >= 0.3 is 0 Å². The second kappa shape index (κ2) is 9.48. The molecular formula is C15H24BrNO2. The molecule has 0 radical (unpaired) electrons. The van der Waals surface area contributed by atoms with Crippen molar-refractivity contribution >= 4 is 15.9 Å². The van der Waals surface area contributed by atoms with Crippen LogP contribution < -0.4 is 0 Å². The molecule has 1 unspecified atom stereocenters. The Morgan fingerprint density at radius 1 is 1.11 bits per heavy atom. The molecule has 0 bridgehead atoms. The van der Waals surface area contributed by atoms with E-state index in [2.05, 4.69) is 27.9 Å². The van der Waals surface area contributed by atoms with Gasteiger partial charge in [-0.2, -0.15) is 0 Å². The van der Waals surface area contributed by atoms with E-state index in [0.717, 1.165) is 48.8 Å². The van der Waals surface area contributed by atoms with Crippen molar-refractivity contribution in [3.8, 4) is 0 Å². The van der Waals surface area contributed by atoms with Crippen LogP contribution in [0.15, 0.2) is 28.7 Å². The molecule has 0 heterocycles. The van der Waals surface area contributed by atoms with Gasteiger partial charge in [0.15, 0.2) is 0 Å². The first-order valence-corrected chi connectivity index (χ1v) is 7.65. The first-order valence-electron chi connectivity index (χ1n) is 6.86. The predicted molar refractivity (Wildman–Crippen MR) is 82.2 cm³/mol. The predicted octanol–water partition coefficient (Wildman–Crippen LogP) is 2.97. The van der Waals surface area contributed by atoms with E-state index in [4.69, 9.17) is 5.11 Å². The Balaban J connectivity index is 2.22. The quantitative estimate of drug-likeness (QED) is 0.684. The monoisotopic (exact) mass is 329 g/mol. The molecule has 0 aliphatic rings. The number of nitrogens with zero attached hydrogens (tertiary/aromatic N) is 1. The minimum absolute atomic E-state index is 0.284. The van der Waals surface area contributed by atoms with Gasteiger partial charge in [-0.15, -0.1) is 0 Å². The van der Waals surface area contributed by atoms with Crippen LogP contribution in [0.2, 0.25) is 0 Å². The van der Waals surface area contributed by atoms with Crippen LogP contribution in [0, 0.1) is 0 Å². The van der Waals surface area contributed by atoms with Crippen molar-refractivity contribution in [2.75, 3.05) is 26.7 Å².